The highest BCUT2D eigenvalue weighted by atomic mass is 28.4. The highest BCUT2D eigenvalue weighted by Gasteiger charge is 2.86. The van der Waals surface area contributed by atoms with Crippen LogP contribution in [0.5, 0.6) is 0 Å². The van der Waals surface area contributed by atoms with Crippen LogP contribution >= 0.6 is 0 Å². The molecule has 3 N–H and O–H groups in total. The molecule has 2 heterocycles. The molecule has 63 heavy (non-hydrogen) atoms. The number of carbonyl (C=O) groups excluding carboxylic acids is 4. The second-order valence-corrected chi connectivity index (χ2v) is 26.1. The molecule has 2 aliphatic rings. The van der Waals surface area contributed by atoms with E-state index in [9.17, 15) is 19.5 Å². The molecule has 0 radical (unpaired) electrons. The van der Waals surface area contributed by atoms with Crippen LogP contribution < -0.4 is 5.73 Å². The number of fused-ring (bicyclic) bond motifs is 2. The summed E-state index contributed by atoms with van der Waals surface area (Å²) in [5.41, 5.74) is -0.339. The van der Waals surface area contributed by atoms with Crippen LogP contribution in [-0.2, 0) is 58.4 Å². The minimum Gasteiger partial charge on any atom is -0.458 e. The summed E-state index contributed by atoms with van der Waals surface area (Å²) in [6.45, 7) is 33.0. The summed E-state index contributed by atoms with van der Waals surface area (Å²) < 4.78 is 45.2. The van der Waals surface area contributed by atoms with Gasteiger partial charge in [0.15, 0.2) is 20.2 Å². The van der Waals surface area contributed by atoms with Gasteiger partial charge in [0.05, 0.1) is 0 Å². The van der Waals surface area contributed by atoms with Crippen molar-refractivity contribution in [3.8, 4) is 0 Å². The summed E-state index contributed by atoms with van der Waals surface area (Å²) in [4.78, 5) is 56.9. The zero-order valence-electron chi connectivity index (χ0n) is 41.0. The van der Waals surface area contributed by atoms with Gasteiger partial charge in [0.25, 0.3) is 0 Å². The standard InChI is InChI=1S/C49H79NO12Si/c1-18-31(2)28-32(3)24-25-38(52)57-41-40(61-63(16,17)46(13,14)15)47(27-26-33(4)39(56-35(6)51)34(5)29-36-22-20-19-21-23-36)58-37(30-50)48(55,42(53)59-44(7,8)9)49(41,62-47)43(54)60-45(10,11)12/h19-25,31-32,34,37,39-41,55H,4,18,26-30,50H2,1-3,5-17H3/b25-24+/t31-,32+,34+,37+,39+,40+,41+,47-,48+,49-/m0/s1. The fourth-order valence-corrected chi connectivity index (χ4v) is 9.28. The van der Waals surface area contributed by atoms with E-state index < -0.39 is 96.4 Å². The predicted octanol–water partition coefficient (Wildman–Crippen LogP) is 8.30. The van der Waals surface area contributed by atoms with E-state index in [0.717, 1.165) is 18.4 Å². The Morgan fingerprint density at radius 1 is 0.937 bits per heavy atom. The Kier molecular flexibility index (Phi) is 17.5. The van der Waals surface area contributed by atoms with Crippen molar-refractivity contribution >= 4 is 32.2 Å². The minimum absolute atomic E-state index is 0.0129. The van der Waals surface area contributed by atoms with Crippen LogP contribution in [0.1, 0.15) is 128 Å². The van der Waals surface area contributed by atoms with Crippen LogP contribution in [0.4, 0.5) is 0 Å². The first-order valence-electron chi connectivity index (χ1n) is 22.5. The molecule has 14 heteroatoms. The third-order valence-electron chi connectivity index (χ3n) is 12.4. The number of allylic oxidation sites excluding steroid dienone is 1. The summed E-state index contributed by atoms with van der Waals surface area (Å²) in [6.07, 6.45) is -0.525. The van der Waals surface area contributed by atoms with Crippen molar-refractivity contribution in [2.24, 2.45) is 23.5 Å². The third-order valence-corrected chi connectivity index (χ3v) is 16.8. The molecule has 2 fully saturated rings. The molecular formula is C49H79NO12Si. The Labute approximate surface area is 378 Å². The maximum absolute atomic E-state index is 15.3. The number of carbonyl (C=O) groups is 4. The van der Waals surface area contributed by atoms with E-state index in [1.54, 1.807) is 47.6 Å². The number of nitrogens with two attached hydrogens (primary N) is 1. The molecule has 0 saturated carbocycles. The van der Waals surface area contributed by atoms with Gasteiger partial charge in [0, 0.05) is 31.9 Å². The molecule has 0 unspecified atom stereocenters. The van der Waals surface area contributed by atoms with Gasteiger partial charge in [-0.1, -0.05) is 97.9 Å². The second kappa shape index (κ2) is 20.4. The first-order valence-corrected chi connectivity index (χ1v) is 25.4. The Morgan fingerprint density at radius 3 is 2.02 bits per heavy atom. The van der Waals surface area contributed by atoms with Crippen molar-refractivity contribution in [1.82, 2.24) is 0 Å². The number of ether oxygens (including phenoxy) is 6. The third kappa shape index (κ3) is 12.7. The van der Waals surface area contributed by atoms with Gasteiger partial charge in [-0.2, -0.15) is 0 Å². The van der Waals surface area contributed by atoms with Crippen molar-refractivity contribution in [2.45, 2.75) is 200 Å². The first-order chi connectivity index (χ1) is 28.8. The van der Waals surface area contributed by atoms with Crippen molar-refractivity contribution in [3.05, 3.63) is 60.2 Å². The quantitative estimate of drug-likeness (QED) is 0.0446. The number of hydrogen-bond acceptors (Lipinski definition) is 13. The topological polar surface area (TPSA) is 179 Å². The molecule has 356 valence electrons. The van der Waals surface area contributed by atoms with E-state index in [0.29, 0.717) is 17.9 Å². The molecule has 1 aromatic rings. The molecule has 3 rings (SSSR count). The first kappa shape index (κ1) is 53.9. The Bertz CT molecular complexity index is 1790. The molecule has 0 amide bonds. The Balaban J connectivity index is 2.40. The van der Waals surface area contributed by atoms with Crippen LogP contribution in [0.3, 0.4) is 0 Å². The lowest BCUT2D eigenvalue weighted by Gasteiger charge is -2.52. The lowest BCUT2D eigenvalue weighted by atomic mass is 9.74. The summed E-state index contributed by atoms with van der Waals surface area (Å²) >= 11 is 0. The van der Waals surface area contributed by atoms with Gasteiger partial charge in [-0.05, 0) is 102 Å². The molecule has 2 saturated heterocycles. The molecule has 2 aliphatic heterocycles. The van der Waals surface area contributed by atoms with E-state index in [-0.39, 0.29) is 24.7 Å². The maximum Gasteiger partial charge on any atom is 0.347 e. The Morgan fingerprint density at radius 2 is 1.51 bits per heavy atom. The second-order valence-electron chi connectivity index (χ2n) is 21.4. The van der Waals surface area contributed by atoms with Crippen LogP contribution in [-0.4, -0.2) is 96.5 Å². The van der Waals surface area contributed by atoms with Crippen LogP contribution in [0.2, 0.25) is 18.1 Å². The van der Waals surface area contributed by atoms with Crippen LogP contribution in [0.25, 0.3) is 0 Å². The van der Waals surface area contributed by atoms with Gasteiger partial charge >= 0.3 is 23.9 Å². The predicted molar refractivity (Wildman–Crippen MR) is 245 cm³/mol. The van der Waals surface area contributed by atoms with Gasteiger partial charge in [0.1, 0.15) is 29.5 Å². The normalized spacial score (nSPS) is 27.2. The van der Waals surface area contributed by atoms with E-state index in [1.807, 2.05) is 78.0 Å². The summed E-state index contributed by atoms with van der Waals surface area (Å²) in [5.74, 6) is -5.78. The van der Waals surface area contributed by atoms with Crippen molar-refractivity contribution in [3.63, 3.8) is 0 Å². The lowest BCUT2D eigenvalue weighted by Crippen LogP contribution is -2.78. The highest BCUT2D eigenvalue weighted by Crippen LogP contribution is 2.59. The molecule has 0 aromatic heterocycles. The zero-order valence-corrected chi connectivity index (χ0v) is 42.0. The fraction of sp³-hybridized carbons (Fsp3) is 0.714. The number of esters is 4. The van der Waals surface area contributed by atoms with E-state index in [1.165, 1.54) is 13.0 Å². The zero-order chi connectivity index (χ0) is 48.1. The molecule has 1 aromatic carbocycles. The maximum atomic E-state index is 15.3. The van der Waals surface area contributed by atoms with E-state index >= 15 is 4.79 Å². The average molecular weight is 902 g/mol. The molecular weight excluding hydrogens is 823 g/mol. The number of rotatable bonds is 19. The van der Waals surface area contributed by atoms with Gasteiger partial charge in [-0.25, -0.2) is 14.4 Å². The number of hydrogen-bond donors (Lipinski definition) is 2. The van der Waals surface area contributed by atoms with Gasteiger partial charge < -0.3 is 43.7 Å². The van der Waals surface area contributed by atoms with E-state index in [2.05, 4.69) is 20.4 Å². The van der Waals surface area contributed by atoms with Gasteiger partial charge in [0.2, 0.25) is 11.2 Å². The van der Waals surface area contributed by atoms with Gasteiger partial charge in [-0.3, -0.25) is 4.79 Å². The van der Waals surface area contributed by atoms with Crippen molar-refractivity contribution in [2.75, 3.05) is 6.54 Å². The molecule has 2 bridgehead atoms. The summed E-state index contributed by atoms with van der Waals surface area (Å²) in [6, 6.07) is 9.79. The SMILES string of the molecule is C=C(CC[C@]12O[C@H](CN)[C@@](O)(C(=O)OC(C)(C)C)[C@](C(=O)OC(C)(C)C)(O1)[C@H](OC(=O)/C=C/[C@@H](C)C[C@@H](C)CC)[C@H]2O[Si](C)(C)C(C)(C)C)[C@@H](OC(C)=O)[C@H](C)Cc1ccccc1. The number of benzene rings is 1. The van der Waals surface area contributed by atoms with Crippen molar-refractivity contribution < 1.29 is 57.1 Å². The molecule has 0 aliphatic carbocycles. The van der Waals surface area contributed by atoms with Gasteiger partial charge in [-0.15, -0.1) is 0 Å². The largest absolute Gasteiger partial charge is 0.458 e. The molecule has 13 nitrogen and oxygen atoms in total. The average Bonchev–Trinajstić information content (AvgIpc) is 3.37. The van der Waals surface area contributed by atoms with Crippen molar-refractivity contribution in [1.29, 1.82) is 0 Å². The lowest BCUT2D eigenvalue weighted by molar-refractivity contribution is -0.379. The summed E-state index contributed by atoms with van der Waals surface area (Å²) in [5, 5.41) is 12.8. The smallest absolute Gasteiger partial charge is 0.347 e. The minimum atomic E-state index is -3.06. The molecule has 10 atom stereocenters. The van der Waals surface area contributed by atoms with Crippen LogP contribution in [0.15, 0.2) is 54.6 Å². The fourth-order valence-electron chi connectivity index (χ4n) is 7.99. The summed E-state index contributed by atoms with van der Waals surface area (Å²) in [7, 11) is -2.99. The van der Waals surface area contributed by atoms with Crippen LogP contribution in [0, 0.1) is 17.8 Å². The number of aliphatic hydroxyl groups is 1. The Hall–Kier alpha value is -3.40. The van der Waals surface area contributed by atoms with E-state index in [4.69, 9.17) is 38.6 Å². The monoisotopic (exact) mass is 902 g/mol. The highest BCUT2D eigenvalue weighted by molar-refractivity contribution is 6.74. The molecule has 0 spiro atoms.